The first-order chi connectivity index (χ1) is 6.79. The quantitative estimate of drug-likeness (QED) is 0.423. The van der Waals surface area contributed by atoms with Crippen LogP contribution in [0.1, 0.15) is 4.88 Å². The molecule has 0 N–H and O–H groups in total. The van der Waals surface area contributed by atoms with Crippen molar-refractivity contribution < 1.29 is 4.92 Å². The fraction of sp³-hybridized carbons (Fsp3) is 0. The van der Waals surface area contributed by atoms with Crippen molar-refractivity contribution in [2.45, 2.75) is 0 Å². The molecule has 0 fully saturated rings. The van der Waals surface area contributed by atoms with Crippen molar-refractivity contribution >= 4 is 17.4 Å². The van der Waals surface area contributed by atoms with Gasteiger partial charge in [0.05, 0.1) is 11.0 Å². The molecule has 0 aliphatic carbocycles. The number of hydrogen-bond donors (Lipinski definition) is 0. The summed E-state index contributed by atoms with van der Waals surface area (Å²) in [5, 5.41) is 11.8. The summed E-state index contributed by atoms with van der Waals surface area (Å²) in [7, 11) is 0. The Morgan fingerprint density at radius 2 is 2.21 bits per heavy atom. The van der Waals surface area contributed by atoms with Gasteiger partial charge in [0.25, 0.3) is 0 Å². The van der Waals surface area contributed by atoms with Gasteiger partial charge in [-0.3, -0.25) is 10.1 Å². The Hall–Kier alpha value is -1.86. The van der Waals surface area contributed by atoms with Crippen LogP contribution in [0.25, 0.3) is 6.08 Å². The SMILES string of the molecule is O=[N+]([O-])/C=C/C#C/C=C/c1cccs1. The molecule has 14 heavy (non-hydrogen) atoms. The zero-order chi connectivity index (χ0) is 10.2. The van der Waals surface area contributed by atoms with E-state index in [1.807, 2.05) is 23.6 Å². The van der Waals surface area contributed by atoms with E-state index in [9.17, 15) is 10.1 Å². The van der Waals surface area contributed by atoms with E-state index in [1.54, 1.807) is 17.4 Å². The predicted octanol–water partition coefficient (Wildman–Crippen LogP) is 2.56. The molecule has 1 aromatic rings. The Labute approximate surface area is 85.5 Å². The summed E-state index contributed by atoms with van der Waals surface area (Å²) in [6, 6.07) is 3.92. The standard InChI is InChI=1S/C10H7NO2S/c12-11(13)8-4-2-1-3-6-10-7-5-9-14-10/h3-9H/b6-3+,8-4+. The molecule has 0 amide bonds. The summed E-state index contributed by atoms with van der Waals surface area (Å²) >= 11 is 1.61. The summed E-state index contributed by atoms with van der Waals surface area (Å²) in [4.78, 5) is 10.4. The van der Waals surface area contributed by atoms with Crippen molar-refractivity contribution in [1.29, 1.82) is 0 Å². The molecular weight excluding hydrogens is 198 g/mol. The van der Waals surface area contributed by atoms with Crippen molar-refractivity contribution in [2.75, 3.05) is 0 Å². The van der Waals surface area contributed by atoms with E-state index >= 15 is 0 Å². The van der Waals surface area contributed by atoms with E-state index in [-0.39, 0.29) is 0 Å². The number of nitro groups is 1. The topological polar surface area (TPSA) is 43.1 Å². The van der Waals surface area contributed by atoms with Crippen LogP contribution in [0.3, 0.4) is 0 Å². The minimum absolute atomic E-state index is 0.544. The van der Waals surface area contributed by atoms with E-state index < -0.39 is 4.92 Å². The normalized spacial score (nSPS) is 10.3. The van der Waals surface area contributed by atoms with Crippen LogP contribution in [0.5, 0.6) is 0 Å². The fourth-order valence-corrected chi connectivity index (χ4v) is 1.32. The van der Waals surface area contributed by atoms with E-state index in [2.05, 4.69) is 11.8 Å². The molecule has 0 aromatic carbocycles. The van der Waals surface area contributed by atoms with Gasteiger partial charge in [0.2, 0.25) is 6.20 Å². The Morgan fingerprint density at radius 3 is 2.86 bits per heavy atom. The molecular formula is C10H7NO2S. The lowest BCUT2D eigenvalue weighted by Gasteiger charge is -1.76. The zero-order valence-corrected chi connectivity index (χ0v) is 8.03. The van der Waals surface area contributed by atoms with Gasteiger partial charge >= 0.3 is 0 Å². The summed E-state index contributed by atoms with van der Waals surface area (Å²) in [6.45, 7) is 0. The minimum Gasteiger partial charge on any atom is -0.259 e. The van der Waals surface area contributed by atoms with Crippen molar-refractivity contribution in [3.8, 4) is 11.8 Å². The van der Waals surface area contributed by atoms with Gasteiger partial charge in [-0.1, -0.05) is 17.9 Å². The third-order valence-corrected chi connectivity index (χ3v) is 2.07. The number of hydrogen-bond acceptors (Lipinski definition) is 3. The largest absolute Gasteiger partial charge is 0.259 e. The van der Waals surface area contributed by atoms with Gasteiger partial charge in [0.1, 0.15) is 0 Å². The first-order valence-electron chi connectivity index (χ1n) is 3.80. The van der Waals surface area contributed by atoms with Crippen LogP contribution in [0.4, 0.5) is 0 Å². The van der Waals surface area contributed by atoms with Crippen molar-refractivity contribution in [3.05, 3.63) is 50.9 Å². The molecule has 0 unspecified atom stereocenters. The number of allylic oxidation sites excluding steroid dienone is 2. The van der Waals surface area contributed by atoms with Gasteiger partial charge in [-0.2, -0.15) is 0 Å². The molecule has 70 valence electrons. The number of thiophene rings is 1. The van der Waals surface area contributed by atoms with Crippen LogP contribution in [-0.4, -0.2) is 4.92 Å². The van der Waals surface area contributed by atoms with Gasteiger partial charge in [-0.25, -0.2) is 0 Å². The maximum Gasteiger partial charge on any atom is 0.242 e. The van der Waals surface area contributed by atoms with Gasteiger partial charge in [-0.05, 0) is 23.6 Å². The molecule has 4 heteroatoms. The molecule has 1 rings (SSSR count). The van der Waals surface area contributed by atoms with E-state index in [0.717, 1.165) is 11.1 Å². The third-order valence-electron chi connectivity index (χ3n) is 1.24. The van der Waals surface area contributed by atoms with E-state index in [4.69, 9.17) is 0 Å². The summed E-state index contributed by atoms with van der Waals surface area (Å²) < 4.78 is 0. The van der Waals surface area contributed by atoms with Crippen LogP contribution in [-0.2, 0) is 0 Å². The monoisotopic (exact) mass is 205 g/mol. The highest BCUT2D eigenvalue weighted by Gasteiger charge is 1.82. The second-order valence-corrected chi connectivity index (χ2v) is 3.22. The van der Waals surface area contributed by atoms with Crippen LogP contribution in [0, 0.1) is 22.0 Å². The highest BCUT2D eigenvalue weighted by molar-refractivity contribution is 7.10. The van der Waals surface area contributed by atoms with Crippen molar-refractivity contribution in [1.82, 2.24) is 0 Å². The molecule has 0 saturated carbocycles. The lowest BCUT2D eigenvalue weighted by Crippen LogP contribution is -1.80. The maximum atomic E-state index is 9.85. The minimum atomic E-state index is -0.544. The van der Waals surface area contributed by atoms with Crippen LogP contribution >= 0.6 is 11.3 Å². The molecule has 0 aliphatic rings. The van der Waals surface area contributed by atoms with Crippen LogP contribution < -0.4 is 0 Å². The first kappa shape index (κ1) is 10.2. The Balaban J connectivity index is 2.43. The highest BCUT2D eigenvalue weighted by atomic mass is 32.1. The lowest BCUT2D eigenvalue weighted by atomic mass is 10.4. The molecule has 0 atom stereocenters. The summed E-state index contributed by atoms with van der Waals surface area (Å²) in [5.74, 6) is 5.19. The molecule has 1 heterocycles. The average molecular weight is 205 g/mol. The summed E-state index contributed by atoms with van der Waals surface area (Å²) in [6.07, 6.45) is 5.54. The van der Waals surface area contributed by atoms with Gasteiger partial charge in [-0.15, -0.1) is 11.3 Å². The van der Waals surface area contributed by atoms with Gasteiger partial charge in [0.15, 0.2) is 0 Å². The predicted molar refractivity (Wildman–Crippen MR) is 57.3 cm³/mol. The fourth-order valence-electron chi connectivity index (χ4n) is 0.704. The molecule has 0 bridgehead atoms. The smallest absolute Gasteiger partial charge is 0.242 e. The molecule has 0 radical (unpaired) electrons. The van der Waals surface area contributed by atoms with Crippen molar-refractivity contribution in [3.63, 3.8) is 0 Å². The summed E-state index contributed by atoms with van der Waals surface area (Å²) in [5.41, 5.74) is 0. The van der Waals surface area contributed by atoms with E-state index in [1.165, 1.54) is 6.08 Å². The maximum absolute atomic E-state index is 9.85. The molecule has 0 aliphatic heterocycles. The van der Waals surface area contributed by atoms with E-state index in [0.29, 0.717) is 0 Å². The Morgan fingerprint density at radius 1 is 1.43 bits per heavy atom. The number of rotatable bonds is 2. The lowest BCUT2D eigenvalue weighted by molar-refractivity contribution is -0.402. The molecule has 0 spiro atoms. The molecule has 3 nitrogen and oxygen atoms in total. The average Bonchev–Trinajstić information content (AvgIpc) is 2.63. The third kappa shape index (κ3) is 4.24. The van der Waals surface area contributed by atoms with Gasteiger partial charge < -0.3 is 0 Å². The van der Waals surface area contributed by atoms with Crippen LogP contribution in [0.2, 0.25) is 0 Å². The number of nitrogens with zero attached hydrogens (tertiary/aromatic N) is 1. The Bertz CT molecular complexity index is 407. The molecule has 0 saturated heterocycles. The zero-order valence-electron chi connectivity index (χ0n) is 7.21. The van der Waals surface area contributed by atoms with Crippen molar-refractivity contribution in [2.24, 2.45) is 0 Å². The first-order valence-corrected chi connectivity index (χ1v) is 4.68. The van der Waals surface area contributed by atoms with Gasteiger partial charge in [0, 0.05) is 4.88 Å². The highest BCUT2D eigenvalue weighted by Crippen LogP contribution is 2.09. The second kappa shape index (κ2) is 5.73. The van der Waals surface area contributed by atoms with Crippen LogP contribution in [0.15, 0.2) is 35.9 Å². The Kier molecular flexibility index (Phi) is 4.18. The molecule has 1 aromatic heterocycles. The second-order valence-electron chi connectivity index (χ2n) is 2.24.